The molecule has 0 fully saturated rings. The zero-order valence-electron chi connectivity index (χ0n) is 12.0. The summed E-state index contributed by atoms with van der Waals surface area (Å²) in [6, 6.07) is 8.09. The van der Waals surface area contributed by atoms with Crippen LogP contribution in [-0.4, -0.2) is 19.7 Å². The Bertz CT molecular complexity index is 777. The number of fused-ring (bicyclic) bond motifs is 1. The first-order valence-electron chi connectivity index (χ1n) is 6.72. The Morgan fingerprint density at radius 3 is 2.90 bits per heavy atom. The van der Waals surface area contributed by atoms with E-state index in [1.54, 1.807) is 11.8 Å². The third-order valence-corrected chi connectivity index (χ3v) is 4.18. The largest absolute Gasteiger partial charge is 0.338 e. The summed E-state index contributed by atoms with van der Waals surface area (Å²) in [6.07, 6.45) is 1.87. The highest BCUT2D eigenvalue weighted by atomic mass is 32.2. The van der Waals surface area contributed by atoms with Crippen LogP contribution < -0.4 is 0 Å². The van der Waals surface area contributed by atoms with Gasteiger partial charge in [-0.3, -0.25) is 0 Å². The van der Waals surface area contributed by atoms with Crippen molar-refractivity contribution in [2.75, 3.05) is 0 Å². The molecule has 3 rings (SSSR count). The average Bonchev–Trinajstić information content (AvgIpc) is 3.04. The number of hydrogen-bond donors (Lipinski definition) is 0. The molecule has 2 aromatic heterocycles. The van der Waals surface area contributed by atoms with Crippen molar-refractivity contribution in [2.45, 2.75) is 30.8 Å². The summed E-state index contributed by atoms with van der Waals surface area (Å²) in [5.41, 5.74) is 2.09. The van der Waals surface area contributed by atoms with Gasteiger partial charge in [-0.15, -0.1) is 6.58 Å². The molecule has 0 amide bonds. The number of aromatic nitrogens is 4. The summed E-state index contributed by atoms with van der Waals surface area (Å²) in [5, 5.41) is 4.82. The molecule has 0 aliphatic rings. The zero-order valence-corrected chi connectivity index (χ0v) is 12.8. The molecule has 3 aromatic rings. The van der Waals surface area contributed by atoms with Gasteiger partial charge in [0.25, 0.3) is 0 Å². The number of hydrogen-bond acceptors (Lipinski definition) is 5. The number of imidazole rings is 1. The highest BCUT2D eigenvalue weighted by molar-refractivity contribution is 7.99. The van der Waals surface area contributed by atoms with Gasteiger partial charge in [-0.1, -0.05) is 35.1 Å². The first-order valence-corrected chi connectivity index (χ1v) is 7.60. The van der Waals surface area contributed by atoms with Crippen molar-refractivity contribution in [3.8, 4) is 0 Å². The predicted octanol–water partition coefficient (Wildman–Crippen LogP) is 3.77. The summed E-state index contributed by atoms with van der Waals surface area (Å²) in [6.45, 7) is 8.40. The Morgan fingerprint density at radius 1 is 1.38 bits per heavy atom. The van der Waals surface area contributed by atoms with Gasteiger partial charge in [0.2, 0.25) is 5.89 Å². The summed E-state index contributed by atoms with van der Waals surface area (Å²) in [4.78, 5) is 8.97. The maximum Gasteiger partial charge on any atom is 0.239 e. The predicted molar refractivity (Wildman–Crippen MR) is 83.2 cm³/mol. The van der Waals surface area contributed by atoms with E-state index in [1.165, 1.54) is 0 Å². The third kappa shape index (κ3) is 2.71. The first kappa shape index (κ1) is 13.9. The standard InChI is InChI=1S/C15H16N4OS/c1-4-9-19-13-8-6-5-7-12(13)17-15(19)21-10(2)14-16-11(3)18-20-14/h4-8,10H,1,9H2,2-3H3. The SMILES string of the molecule is C=CCn1c(SC(C)c2nc(C)no2)nc2ccccc21. The van der Waals surface area contributed by atoms with Gasteiger partial charge in [-0.2, -0.15) is 4.98 Å². The molecular weight excluding hydrogens is 284 g/mol. The molecule has 1 unspecified atom stereocenters. The summed E-state index contributed by atoms with van der Waals surface area (Å²) in [7, 11) is 0. The summed E-state index contributed by atoms with van der Waals surface area (Å²) in [5.74, 6) is 1.27. The lowest BCUT2D eigenvalue weighted by molar-refractivity contribution is 0.376. The first-order chi connectivity index (χ1) is 10.2. The molecule has 0 radical (unpaired) electrons. The normalized spacial score (nSPS) is 12.7. The van der Waals surface area contributed by atoms with Gasteiger partial charge >= 0.3 is 0 Å². The number of nitrogens with zero attached hydrogens (tertiary/aromatic N) is 4. The summed E-state index contributed by atoms with van der Waals surface area (Å²) >= 11 is 1.61. The van der Waals surface area contributed by atoms with E-state index in [2.05, 4.69) is 27.4 Å². The van der Waals surface area contributed by atoms with Crippen LogP contribution in [0.4, 0.5) is 0 Å². The lowest BCUT2D eigenvalue weighted by atomic mass is 10.3. The molecular formula is C15H16N4OS. The van der Waals surface area contributed by atoms with Crippen molar-refractivity contribution in [3.05, 3.63) is 48.6 Å². The number of allylic oxidation sites excluding steroid dienone is 1. The Kier molecular flexibility index (Phi) is 3.79. The van der Waals surface area contributed by atoms with Crippen LogP contribution in [0.3, 0.4) is 0 Å². The highest BCUT2D eigenvalue weighted by Gasteiger charge is 2.18. The van der Waals surface area contributed by atoms with Crippen molar-refractivity contribution in [1.82, 2.24) is 19.7 Å². The molecule has 0 spiro atoms. The monoisotopic (exact) mass is 300 g/mol. The van der Waals surface area contributed by atoms with Crippen LogP contribution in [0.5, 0.6) is 0 Å². The molecule has 0 saturated carbocycles. The van der Waals surface area contributed by atoms with Gasteiger partial charge in [0.1, 0.15) is 0 Å². The van der Waals surface area contributed by atoms with Gasteiger partial charge in [0.05, 0.1) is 16.3 Å². The van der Waals surface area contributed by atoms with Crippen molar-refractivity contribution in [2.24, 2.45) is 0 Å². The second kappa shape index (κ2) is 5.73. The van der Waals surface area contributed by atoms with E-state index in [0.717, 1.165) is 22.7 Å². The second-order valence-electron chi connectivity index (χ2n) is 4.72. The van der Waals surface area contributed by atoms with E-state index < -0.39 is 0 Å². The van der Waals surface area contributed by atoms with E-state index in [0.29, 0.717) is 11.7 Å². The number of benzene rings is 1. The Balaban J connectivity index is 1.95. The maximum absolute atomic E-state index is 5.23. The van der Waals surface area contributed by atoms with Crippen LogP contribution in [0.2, 0.25) is 0 Å². The number of aryl methyl sites for hydroxylation is 1. The van der Waals surface area contributed by atoms with E-state index in [-0.39, 0.29) is 5.25 Å². The van der Waals surface area contributed by atoms with Crippen molar-refractivity contribution in [3.63, 3.8) is 0 Å². The van der Waals surface area contributed by atoms with E-state index in [9.17, 15) is 0 Å². The van der Waals surface area contributed by atoms with Gasteiger partial charge in [0.15, 0.2) is 11.0 Å². The molecule has 0 aliphatic heterocycles. The molecule has 108 valence electrons. The van der Waals surface area contributed by atoms with E-state index in [4.69, 9.17) is 9.51 Å². The van der Waals surface area contributed by atoms with Crippen LogP contribution in [0.25, 0.3) is 11.0 Å². The lowest BCUT2D eigenvalue weighted by Crippen LogP contribution is -1.99. The Hall–Kier alpha value is -2.08. The Labute approximate surface area is 127 Å². The maximum atomic E-state index is 5.23. The molecule has 0 bridgehead atoms. The van der Waals surface area contributed by atoms with Crippen LogP contribution in [0.15, 0.2) is 46.6 Å². The number of thioether (sulfide) groups is 1. The second-order valence-corrected chi connectivity index (χ2v) is 6.03. The van der Waals surface area contributed by atoms with E-state index in [1.807, 2.05) is 38.1 Å². The molecule has 5 nitrogen and oxygen atoms in total. The topological polar surface area (TPSA) is 56.7 Å². The highest BCUT2D eigenvalue weighted by Crippen LogP contribution is 2.35. The van der Waals surface area contributed by atoms with Crippen molar-refractivity contribution >= 4 is 22.8 Å². The molecule has 0 saturated heterocycles. The van der Waals surface area contributed by atoms with Crippen LogP contribution in [0.1, 0.15) is 23.9 Å². The van der Waals surface area contributed by atoms with Crippen molar-refractivity contribution in [1.29, 1.82) is 0 Å². The minimum Gasteiger partial charge on any atom is -0.338 e. The van der Waals surface area contributed by atoms with Gasteiger partial charge in [-0.25, -0.2) is 4.98 Å². The third-order valence-electron chi connectivity index (χ3n) is 3.10. The molecule has 6 heteroatoms. The van der Waals surface area contributed by atoms with Crippen molar-refractivity contribution < 1.29 is 4.52 Å². The summed E-state index contributed by atoms with van der Waals surface area (Å²) < 4.78 is 7.38. The minimum absolute atomic E-state index is 0.0478. The quantitative estimate of drug-likeness (QED) is 0.530. The van der Waals surface area contributed by atoms with E-state index >= 15 is 0 Å². The average molecular weight is 300 g/mol. The lowest BCUT2D eigenvalue weighted by Gasteiger charge is -2.08. The molecule has 1 atom stereocenters. The molecule has 2 heterocycles. The molecule has 0 N–H and O–H groups in total. The Morgan fingerprint density at radius 2 is 2.19 bits per heavy atom. The minimum atomic E-state index is 0.0478. The zero-order chi connectivity index (χ0) is 14.8. The van der Waals surface area contributed by atoms with Gasteiger partial charge < -0.3 is 9.09 Å². The fourth-order valence-corrected chi connectivity index (χ4v) is 3.10. The fourth-order valence-electron chi connectivity index (χ4n) is 2.14. The van der Waals surface area contributed by atoms with Crippen LogP contribution in [0, 0.1) is 6.92 Å². The van der Waals surface area contributed by atoms with Crippen LogP contribution >= 0.6 is 11.8 Å². The van der Waals surface area contributed by atoms with Gasteiger partial charge in [0, 0.05) is 6.54 Å². The fraction of sp³-hybridized carbons (Fsp3) is 0.267. The smallest absolute Gasteiger partial charge is 0.239 e. The molecule has 0 aliphatic carbocycles. The molecule has 21 heavy (non-hydrogen) atoms. The number of para-hydroxylation sites is 2. The molecule has 1 aromatic carbocycles. The van der Waals surface area contributed by atoms with Gasteiger partial charge in [-0.05, 0) is 26.0 Å². The number of rotatable bonds is 5. The van der Waals surface area contributed by atoms with Crippen LogP contribution in [-0.2, 0) is 6.54 Å².